The maximum absolute atomic E-state index is 14.2. The van der Waals surface area contributed by atoms with Crippen molar-refractivity contribution in [1.82, 2.24) is 18.8 Å². The van der Waals surface area contributed by atoms with Gasteiger partial charge in [-0.3, -0.25) is 4.90 Å². The molecule has 0 bridgehead atoms. The summed E-state index contributed by atoms with van der Waals surface area (Å²) < 4.78 is 32.2. The molecule has 0 spiro atoms. The van der Waals surface area contributed by atoms with E-state index in [1.54, 1.807) is 30.3 Å². The second-order valence-electron chi connectivity index (χ2n) is 9.70. The van der Waals surface area contributed by atoms with Gasteiger partial charge in [-0.2, -0.15) is 4.37 Å². The third-order valence-corrected chi connectivity index (χ3v) is 8.02. The van der Waals surface area contributed by atoms with Gasteiger partial charge in [0.25, 0.3) is 0 Å². The molecule has 1 atom stereocenters. The largest absolute Gasteiger partial charge is 0.478 e. The Kier molecular flexibility index (Phi) is 7.35. The number of benzene rings is 2. The number of aromatic carboxylic acids is 1. The lowest BCUT2D eigenvalue weighted by atomic mass is 10.0. The number of aromatic nitrogens is 3. The summed E-state index contributed by atoms with van der Waals surface area (Å²) >= 11 is 7.16. The van der Waals surface area contributed by atoms with Gasteiger partial charge in [-0.15, -0.1) is 0 Å². The van der Waals surface area contributed by atoms with Crippen LogP contribution in [-0.2, 0) is 24.4 Å². The second kappa shape index (κ2) is 11.1. The minimum Gasteiger partial charge on any atom is -0.478 e. The lowest BCUT2D eigenvalue weighted by molar-refractivity contribution is -0.0591. The zero-order valence-corrected chi connectivity index (χ0v) is 22.6. The average Bonchev–Trinajstić information content (AvgIpc) is 3.50. The van der Waals surface area contributed by atoms with Crippen molar-refractivity contribution in [2.45, 2.75) is 38.6 Å². The molecule has 2 aliphatic heterocycles. The molecule has 0 saturated carbocycles. The summed E-state index contributed by atoms with van der Waals surface area (Å²) in [6.45, 7) is 3.65. The van der Waals surface area contributed by atoms with Gasteiger partial charge < -0.3 is 19.1 Å². The zero-order valence-electron chi connectivity index (χ0n) is 21.0. The van der Waals surface area contributed by atoms with Crippen LogP contribution in [0.25, 0.3) is 16.6 Å². The van der Waals surface area contributed by atoms with Crippen molar-refractivity contribution < 1.29 is 23.8 Å². The van der Waals surface area contributed by atoms with E-state index in [4.69, 9.17) is 26.1 Å². The van der Waals surface area contributed by atoms with Crippen molar-refractivity contribution in [3.63, 3.8) is 0 Å². The molecule has 2 aromatic heterocycles. The number of carboxylic acid groups (broad SMARTS) is 1. The van der Waals surface area contributed by atoms with Crippen molar-refractivity contribution in [3.05, 3.63) is 81.2 Å². The van der Waals surface area contributed by atoms with Gasteiger partial charge in [0.2, 0.25) is 5.88 Å². The fraction of sp³-hybridized carbons (Fsp3) is 0.321. The minimum absolute atomic E-state index is 0.0731. The number of ether oxygens (including phenoxy) is 2. The Labute approximate surface area is 233 Å². The molecule has 11 heteroatoms. The number of rotatable bonds is 9. The van der Waals surface area contributed by atoms with E-state index in [9.17, 15) is 14.3 Å². The minimum atomic E-state index is -0.954. The Morgan fingerprint density at radius 2 is 2.15 bits per heavy atom. The summed E-state index contributed by atoms with van der Waals surface area (Å²) in [5.41, 5.74) is 4.35. The number of carboxylic acids is 1. The second-order valence-corrected chi connectivity index (χ2v) is 10.8. The van der Waals surface area contributed by atoms with E-state index in [1.807, 2.05) is 5.38 Å². The molecule has 0 amide bonds. The molecule has 4 heterocycles. The van der Waals surface area contributed by atoms with Crippen LogP contribution in [0.1, 0.15) is 40.2 Å². The van der Waals surface area contributed by atoms with Crippen molar-refractivity contribution >= 4 is 45.7 Å². The van der Waals surface area contributed by atoms with Gasteiger partial charge in [-0.1, -0.05) is 23.7 Å². The Hall–Kier alpha value is -3.31. The summed E-state index contributed by atoms with van der Waals surface area (Å²) in [7, 11) is 0. The summed E-state index contributed by atoms with van der Waals surface area (Å²) in [6, 6.07) is 9.60. The van der Waals surface area contributed by atoms with Crippen LogP contribution >= 0.6 is 23.1 Å². The summed E-state index contributed by atoms with van der Waals surface area (Å²) in [5.74, 6) is 0.0434. The third-order valence-electron chi connectivity index (χ3n) is 7.17. The Morgan fingerprint density at radius 3 is 2.87 bits per heavy atom. The predicted octanol–water partition coefficient (Wildman–Crippen LogP) is 5.64. The van der Waals surface area contributed by atoms with Crippen LogP contribution in [0.15, 0.2) is 47.9 Å². The van der Waals surface area contributed by atoms with Crippen molar-refractivity contribution in [3.8, 4) is 5.88 Å². The topological polar surface area (TPSA) is 89.7 Å². The van der Waals surface area contributed by atoms with E-state index in [1.165, 1.54) is 17.6 Å². The highest BCUT2D eigenvalue weighted by atomic mass is 35.5. The van der Waals surface area contributed by atoms with Crippen LogP contribution in [0.3, 0.4) is 0 Å². The van der Waals surface area contributed by atoms with Gasteiger partial charge >= 0.3 is 5.97 Å². The molecule has 0 aliphatic carbocycles. The molecular formula is C28H26ClFN4O4S. The molecule has 6 rings (SSSR count). The smallest absolute Gasteiger partial charge is 0.335 e. The highest BCUT2D eigenvalue weighted by molar-refractivity contribution is 7.04. The quantitative estimate of drug-likeness (QED) is 0.279. The van der Waals surface area contributed by atoms with E-state index in [2.05, 4.69) is 19.9 Å². The first kappa shape index (κ1) is 25.9. The lowest BCUT2D eigenvalue weighted by Gasteiger charge is -2.29. The molecule has 1 saturated heterocycles. The molecule has 0 radical (unpaired) electrons. The van der Waals surface area contributed by atoms with E-state index < -0.39 is 11.8 Å². The van der Waals surface area contributed by atoms with Crippen LogP contribution < -0.4 is 4.74 Å². The van der Waals surface area contributed by atoms with Gasteiger partial charge in [0.05, 0.1) is 41.4 Å². The molecule has 39 heavy (non-hydrogen) atoms. The fourth-order valence-corrected chi connectivity index (χ4v) is 5.71. The van der Waals surface area contributed by atoms with Crippen molar-refractivity contribution in [2.24, 2.45) is 0 Å². The molecule has 2 aliphatic rings. The highest BCUT2D eigenvalue weighted by Gasteiger charge is 2.24. The van der Waals surface area contributed by atoms with Crippen molar-refractivity contribution in [1.29, 1.82) is 0 Å². The fourth-order valence-electron chi connectivity index (χ4n) is 4.89. The predicted molar refractivity (Wildman–Crippen MR) is 147 cm³/mol. The molecule has 202 valence electrons. The zero-order chi connectivity index (χ0) is 26.9. The van der Waals surface area contributed by atoms with Gasteiger partial charge in [0.15, 0.2) is 0 Å². The van der Waals surface area contributed by atoms with Gasteiger partial charge in [0.1, 0.15) is 18.2 Å². The number of fused-ring (bicyclic) bond motifs is 1. The normalized spacial score (nSPS) is 17.7. The molecule has 2 aromatic carbocycles. The first-order chi connectivity index (χ1) is 18.9. The third kappa shape index (κ3) is 5.56. The first-order valence-corrected chi connectivity index (χ1v) is 13.9. The van der Waals surface area contributed by atoms with Crippen LogP contribution in [-0.4, -0.2) is 55.7 Å². The van der Waals surface area contributed by atoms with Crippen LogP contribution in [0.2, 0.25) is 5.02 Å². The number of imidazole rings is 1. The lowest BCUT2D eigenvalue weighted by Crippen LogP contribution is -2.33. The molecular weight excluding hydrogens is 543 g/mol. The average molecular weight is 569 g/mol. The van der Waals surface area contributed by atoms with E-state index >= 15 is 0 Å². The van der Waals surface area contributed by atoms with Crippen molar-refractivity contribution in [2.75, 3.05) is 19.7 Å². The van der Waals surface area contributed by atoms with Crippen LogP contribution in [0.4, 0.5) is 4.39 Å². The Balaban J connectivity index is 1.16. The van der Waals surface area contributed by atoms with Crippen LogP contribution in [0, 0.1) is 5.82 Å². The summed E-state index contributed by atoms with van der Waals surface area (Å²) in [4.78, 5) is 18.7. The molecule has 1 fully saturated rings. The standard InChI is InChI=1S/C28H26ClFN4O4S/c29-20-3-1-19(23(30)12-20)15-38-27-22(16-39-32-27)17-5-8-33(9-6-17)14-26-31-24-4-2-18(28(35)36)11-25(24)34(26)13-21-7-10-37-21/h1-5,11-12,16,21H,6-10,13-15H2,(H,35,36). The van der Waals surface area contributed by atoms with Gasteiger partial charge in [-0.05, 0) is 60.3 Å². The number of hydrogen-bond acceptors (Lipinski definition) is 7. The molecule has 8 nitrogen and oxygen atoms in total. The monoisotopic (exact) mass is 568 g/mol. The molecule has 1 N–H and O–H groups in total. The number of nitrogens with zero attached hydrogens (tertiary/aromatic N) is 4. The SMILES string of the molecule is O=C(O)c1ccc2nc(CN3CC=C(c4csnc4OCc4ccc(Cl)cc4F)CC3)n(CC3CCO3)c2c1. The molecule has 4 aromatic rings. The number of hydrogen-bond donors (Lipinski definition) is 1. The van der Waals surface area contributed by atoms with E-state index in [0.29, 0.717) is 29.6 Å². The number of halogens is 2. The van der Waals surface area contributed by atoms with Gasteiger partial charge in [-0.25, -0.2) is 14.2 Å². The summed E-state index contributed by atoms with van der Waals surface area (Å²) in [6.07, 6.45) is 4.08. The molecule has 1 unspecified atom stereocenters. The summed E-state index contributed by atoms with van der Waals surface area (Å²) in [5, 5.41) is 11.8. The maximum atomic E-state index is 14.2. The highest BCUT2D eigenvalue weighted by Crippen LogP contribution is 2.32. The number of carbonyl (C=O) groups is 1. The Morgan fingerprint density at radius 1 is 1.28 bits per heavy atom. The first-order valence-electron chi connectivity index (χ1n) is 12.7. The maximum Gasteiger partial charge on any atom is 0.335 e. The van der Waals surface area contributed by atoms with E-state index in [-0.39, 0.29) is 18.3 Å². The Bertz CT molecular complexity index is 1560. The van der Waals surface area contributed by atoms with Crippen LogP contribution in [0.5, 0.6) is 5.88 Å². The van der Waals surface area contributed by atoms with E-state index in [0.717, 1.165) is 60.5 Å². The van der Waals surface area contributed by atoms with Gasteiger partial charge in [0, 0.05) is 35.7 Å².